The summed E-state index contributed by atoms with van der Waals surface area (Å²) in [5, 5.41) is 15.0. The Kier molecular flexibility index (Phi) is 6.32. The molecule has 0 radical (unpaired) electrons. The van der Waals surface area contributed by atoms with E-state index in [1.165, 1.54) is 0 Å². The molecule has 19 heavy (non-hydrogen) atoms. The van der Waals surface area contributed by atoms with Gasteiger partial charge in [0.1, 0.15) is 0 Å². The van der Waals surface area contributed by atoms with E-state index < -0.39 is 6.10 Å². The van der Waals surface area contributed by atoms with E-state index in [2.05, 4.69) is 22.5 Å². The monoisotopic (exact) mass is 265 g/mol. The van der Waals surface area contributed by atoms with Crippen molar-refractivity contribution < 1.29 is 9.90 Å². The second-order valence-corrected chi connectivity index (χ2v) is 4.58. The zero-order valence-corrected chi connectivity index (χ0v) is 11.8. The molecule has 0 aliphatic carbocycles. The SMILES string of the molecule is CCN(C)CCNC(=O)Nc1cccc(C(C)O)c1. The predicted octanol–water partition coefficient (Wildman–Crippen LogP) is 1.81. The summed E-state index contributed by atoms with van der Waals surface area (Å²) in [6.07, 6.45) is -0.539. The van der Waals surface area contributed by atoms with Gasteiger partial charge in [-0.3, -0.25) is 0 Å². The van der Waals surface area contributed by atoms with Gasteiger partial charge in [0.05, 0.1) is 6.10 Å². The van der Waals surface area contributed by atoms with Crippen LogP contribution < -0.4 is 10.6 Å². The Morgan fingerprint density at radius 2 is 2.21 bits per heavy atom. The van der Waals surface area contributed by atoms with E-state index in [1.54, 1.807) is 19.1 Å². The number of anilines is 1. The standard InChI is InChI=1S/C14H23N3O2/c1-4-17(3)9-8-15-14(19)16-13-7-5-6-12(10-13)11(2)18/h5-7,10-11,18H,4,8-9H2,1-3H3,(H2,15,16,19). The molecule has 1 atom stereocenters. The third kappa shape index (κ3) is 5.72. The highest BCUT2D eigenvalue weighted by Gasteiger charge is 2.04. The van der Waals surface area contributed by atoms with E-state index in [0.717, 1.165) is 18.7 Å². The maximum atomic E-state index is 11.7. The van der Waals surface area contributed by atoms with Gasteiger partial charge in [0.25, 0.3) is 0 Å². The van der Waals surface area contributed by atoms with Crippen LogP contribution >= 0.6 is 0 Å². The largest absolute Gasteiger partial charge is 0.389 e. The Bertz CT molecular complexity index is 407. The molecule has 1 aromatic rings. The van der Waals surface area contributed by atoms with Gasteiger partial charge in [-0.15, -0.1) is 0 Å². The van der Waals surface area contributed by atoms with E-state index in [-0.39, 0.29) is 6.03 Å². The van der Waals surface area contributed by atoms with Crippen molar-refractivity contribution in [2.75, 3.05) is 32.0 Å². The number of carbonyl (C=O) groups excluding carboxylic acids is 1. The zero-order valence-electron chi connectivity index (χ0n) is 11.8. The molecule has 1 rings (SSSR count). The number of likely N-dealkylation sites (N-methyl/N-ethyl adjacent to an activating group) is 1. The minimum atomic E-state index is -0.539. The fourth-order valence-electron chi connectivity index (χ4n) is 1.57. The third-order valence-electron chi connectivity index (χ3n) is 2.95. The van der Waals surface area contributed by atoms with Crippen LogP contribution in [0.4, 0.5) is 10.5 Å². The number of carbonyl (C=O) groups is 1. The van der Waals surface area contributed by atoms with Crippen LogP contribution in [0, 0.1) is 0 Å². The van der Waals surface area contributed by atoms with Crippen molar-refractivity contribution in [3.63, 3.8) is 0 Å². The molecule has 0 fully saturated rings. The summed E-state index contributed by atoms with van der Waals surface area (Å²) in [5.41, 5.74) is 1.46. The van der Waals surface area contributed by atoms with Gasteiger partial charge < -0.3 is 20.6 Å². The summed E-state index contributed by atoms with van der Waals surface area (Å²) in [4.78, 5) is 13.8. The fourth-order valence-corrected chi connectivity index (χ4v) is 1.57. The lowest BCUT2D eigenvalue weighted by atomic mass is 10.1. The van der Waals surface area contributed by atoms with E-state index in [1.807, 2.05) is 19.2 Å². The van der Waals surface area contributed by atoms with E-state index >= 15 is 0 Å². The van der Waals surface area contributed by atoms with E-state index in [0.29, 0.717) is 12.2 Å². The Hall–Kier alpha value is -1.59. The molecule has 3 N–H and O–H groups in total. The summed E-state index contributed by atoms with van der Waals surface area (Å²) in [5.74, 6) is 0. The molecule has 5 nitrogen and oxygen atoms in total. The molecule has 0 heterocycles. The lowest BCUT2D eigenvalue weighted by Crippen LogP contribution is -2.35. The summed E-state index contributed by atoms with van der Waals surface area (Å²) in [6, 6.07) is 6.96. The summed E-state index contributed by atoms with van der Waals surface area (Å²) in [6.45, 7) is 6.14. The average molecular weight is 265 g/mol. The van der Waals surface area contributed by atoms with Crippen LogP contribution in [-0.4, -0.2) is 42.7 Å². The Balaban J connectivity index is 2.42. The number of nitrogens with one attached hydrogen (secondary N) is 2. The number of aliphatic hydroxyl groups excluding tert-OH is 1. The van der Waals surface area contributed by atoms with Crippen molar-refractivity contribution in [1.29, 1.82) is 0 Å². The highest BCUT2D eigenvalue weighted by Crippen LogP contribution is 2.16. The molecule has 0 aliphatic rings. The first-order chi connectivity index (χ1) is 9.02. The molecule has 0 aliphatic heterocycles. The second kappa shape index (κ2) is 7.76. The van der Waals surface area contributed by atoms with Crippen molar-refractivity contribution in [2.24, 2.45) is 0 Å². The van der Waals surface area contributed by atoms with Crippen LogP contribution in [0.25, 0.3) is 0 Å². The molecule has 0 saturated heterocycles. The Morgan fingerprint density at radius 3 is 2.84 bits per heavy atom. The number of aliphatic hydroxyl groups is 1. The summed E-state index contributed by atoms with van der Waals surface area (Å²) in [7, 11) is 2.01. The minimum absolute atomic E-state index is 0.229. The molecule has 0 spiro atoms. The van der Waals surface area contributed by atoms with Crippen molar-refractivity contribution in [1.82, 2.24) is 10.2 Å². The molecular weight excluding hydrogens is 242 g/mol. The van der Waals surface area contributed by atoms with E-state index in [9.17, 15) is 9.90 Å². The number of hydrogen-bond acceptors (Lipinski definition) is 3. The Morgan fingerprint density at radius 1 is 1.47 bits per heavy atom. The lowest BCUT2D eigenvalue weighted by molar-refractivity contribution is 0.199. The molecule has 0 aromatic heterocycles. The number of benzene rings is 1. The van der Waals surface area contributed by atoms with Gasteiger partial charge in [-0.05, 0) is 38.2 Å². The minimum Gasteiger partial charge on any atom is -0.389 e. The van der Waals surface area contributed by atoms with Crippen LogP contribution in [0.2, 0.25) is 0 Å². The molecule has 5 heteroatoms. The molecule has 1 aromatic carbocycles. The van der Waals surface area contributed by atoms with E-state index in [4.69, 9.17) is 0 Å². The number of nitrogens with zero attached hydrogens (tertiary/aromatic N) is 1. The zero-order chi connectivity index (χ0) is 14.3. The highest BCUT2D eigenvalue weighted by molar-refractivity contribution is 5.89. The molecule has 106 valence electrons. The third-order valence-corrected chi connectivity index (χ3v) is 2.95. The normalized spacial score (nSPS) is 12.3. The van der Waals surface area contributed by atoms with Crippen LogP contribution in [-0.2, 0) is 0 Å². The van der Waals surface area contributed by atoms with Crippen LogP contribution in [0.15, 0.2) is 24.3 Å². The van der Waals surface area contributed by atoms with Gasteiger partial charge >= 0.3 is 6.03 Å². The van der Waals surface area contributed by atoms with Crippen LogP contribution in [0.5, 0.6) is 0 Å². The fraction of sp³-hybridized carbons (Fsp3) is 0.500. The van der Waals surface area contributed by atoms with Crippen molar-refractivity contribution >= 4 is 11.7 Å². The maximum absolute atomic E-state index is 11.7. The molecule has 0 bridgehead atoms. The lowest BCUT2D eigenvalue weighted by Gasteiger charge is -2.14. The van der Waals surface area contributed by atoms with Crippen molar-refractivity contribution in [3.05, 3.63) is 29.8 Å². The van der Waals surface area contributed by atoms with Gasteiger partial charge in [-0.25, -0.2) is 4.79 Å². The summed E-state index contributed by atoms with van der Waals surface area (Å²) < 4.78 is 0. The van der Waals surface area contributed by atoms with Crippen molar-refractivity contribution in [2.45, 2.75) is 20.0 Å². The quantitative estimate of drug-likeness (QED) is 0.735. The predicted molar refractivity (Wildman–Crippen MR) is 77.3 cm³/mol. The van der Waals surface area contributed by atoms with Gasteiger partial charge in [-0.2, -0.15) is 0 Å². The van der Waals surface area contributed by atoms with Crippen LogP contribution in [0.1, 0.15) is 25.5 Å². The van der Waals surface area contributed by atoms with Gasteiger partial charge in [0.15, 0.2) is 0 Å². The molecule has 2 amide bonds. The average Bonchev–Trinajstić information content (AvgIpc) is 2.38. The molecule has 1 unspecified atom stereocenters. The first-order valence-corrected chi connectivity index (χ1v) is 6.54. The van der Waals surface area contributed by atoms with Crippen molar-refractivity contribution in [3.8, 4) is 0 Å². The van der Waals surface area contributed by atoms with Gasteiger partial charge in [-0.1, -0.05) is 19.1 Å². The maximum Gasteiger partial charge on any atom is 0.319 e. The number of amides is 2. The first kappa shape index (κ1) is 15.5. The molecule has 0 saturated carbocycles. The number of hydrogen-bond donors (Lipinski definition) is 3. The van der Waals surface area contributed by atoms with Crippen LogP contribution in [0.3, 0.4) is 0 Å². The molecular formula is C14H23N3O2. The highest BCUT2D eigenvalue weighted by atomic mass is 16.3. The Labute approximate surface area is 114 Å². The topological polar surface area (TPSA) is 64.6 Å². The summed E-state index contributed by atoms with van der Waals surface area (Å²) >= 11 is 0. The first-order valence-electron chi connectivity index (χ1n) is 6.54. The second-order valence-electron chi connectivity index (χ2n) is 4.58. The number of urea groups is 1. The smallest absolute Gasteiger partial charge is 0.319 e. The number of rotatable bonds is 6. The van der Waals surface area contributed by atoms with Gasteiger partial charge in [0.2, 0.25) is 0 Å². The van der Waals surface area contributed by atoms with Gasteiger partial charge in [0, 0.05) is 18.8 Å².